The van der Waals surface area contributed by atoms with E-state index < -0.39 is 5.60 Å². The Bertz CT molecular complexity index is 389. The summed E-state index contributed by atoms with van der Waals surface area (Å²) in [6, 6.07) is 10.7. The largest absolute Gasteiger partial charge is 0.376 e. The summed E-state index contributed by atoms with van der Waals surface area (Å²) >= 11 is 0. The minimum Gasteiger partial charge on any atom is -0.376 e. The minimum absolute atomic E-state index is 0.0682. The Morgan fingerprint density at radius 2 is 2.00 bits per heavy atom. The fourth-order valence-corrected chi connectivity index (χ4v) is 1.19. The molecule has 0 aromatic heterocycles. The molecule has 0 spiro atoms. The summed E-state index contributed by atoms with van der Waals surface area (Å²) in [4.78, 5) is 0. The Hall–Kier alpha value is -1.85. The van der Waals surface area contributed by atoms with Gasteiger partial charge in [0.1, 0.15) is 5.60 Å². The average Bonchev–Trinajstić information content (AvgIpc) is 2.28. The van der Waals surface area contributed by atoms with Crippen LogP contribution < -0.4 is 0 Å². The van der Waals surface area contributed by atoms with E-state index in [-0.39, 0.29) is 5.57 Å². The number of nitriles is 1. The number of nitrogens with zero attached hydrogens (tertiary/aromatic N) is 1. The highest BCUT2D eigenvalue weighted by atomic mass is 16.3. The number of rotatable bonds is 3. The lowest BCUT2D eigenvalue weighted by molar-refractivity contribution is 0.135. The molecule has 1 atom stereocenters. The summed E-state index contributed by atoms with van der Waals surface area (Å²) in [6.45, 7) is 7.03. The molecule has 1 rings (SSSR count). The first-order valence-electron chi connectivity index (χ1n) is 4.16. The van der Waals surface area contributed by atoms with Crippen molar-refractivity contribution in [2.75, 3.05) is 0 Å². The van der Waals surface area contributed by atoms with Gasteiger partial charge in [-0.25, -0.2) is 0 Å². The van der Waals surface area contributed by atoms with Crippen LogP contribution in [-0.4, -0.2) is 5.11 Å². The first-order valence-corrected chi connectivity index (χ1v) is 4.16. The van der Waals surface area contributed by atoms with Gasteiger partial charge in [0, 0.05) is 0 Å². The van der Waals surface area contributed by atoms with Gasteiger partial charge in [0.15, 0.2) is 0 Å². The lowest BCUT2D eigenvalue weighted by atomic mass is 9.88. The van der Waals surface area contributed by atoms with Gasteiger partial charge in [0.05, 0.1) is 11.6 Å². The maximum Gasteiger partial charge on any atom is 0.142 e. The van der Waals surface area contributed by atoms with Crippen molar-refractivity contribution in [2.45, 2.75) is 5.60 Å². The molecular formula is C12H11NO. The zero-order chi connectivity index (χ0) is 10.6. The Morgan fingerprint density at radius 1 is 1.43 bits per heavy atom. The van der Waals surface area contributed by atoms with E-state index in [9.17, 15) is 5.11 Å². The molecule has 0 aliphatic rings. The summed E-state index contributed by atoms with van der Waals surface area (Å²) in [7, 11) is 0. The van der Waals surface area contributed by atoms with E-state index in [1.54, 1.807) is 24.3 Å². The molecule has 70 valence electrons. The molecular weight excluding hydrogens is 174 g/mol. The second-order valence-corrected chi connectivity index (χ2v) is 2.93. The standard InChI is InChI=1S/C12H11NO/c1-3-12(14,10(2)9-13)11-7-5-4-6-8-11/h3-8,14H,1-2H2. The van der Waals surface area contributed by atoms with Crippen LogP contribution in [0.15, 0.2) is 55.1 Å². The van der Waals surface area contributed by atoms with Crippen LogP contribution in [0.1, 0.15) is 5.56 Å². The quantitative estimate of drug-likeness (QED) is 0.579. The van der Waals surface area contributed by atoms with Crippen LogP contribution in [-0.2, 0) is 5.60 Å². The van der Waals surface area contributed by atoms with E-state index >= 15 is 0 Å². The van der Waals surface area contributed by atoms with Gasteiger partial charge in [-0.15, -0.1) is 0 Å². The second-order valence-electron chi connectivity index (χ2n) is 2.93. The number of hydrogen-bond acceptors (Lipinski definition) is 2. The third-order valence-electron chi connectivity index (χ3n) is 2.10. The number of benzene rings is 1. The molecule has 0 fully saturated rings. The van der Waals surface area contributed by atoms with Gasteiger partial charge in [-0.2, -0.15) is 5.26 Å². The van der Waals surface area contributed by atoms with Gasteiger partial charge in [0.2, 0.25) is 0 Å². The van der Waals surface area contributed by atoms with Crippen molar-refractivity contribution >= 4 is 0 Å². The summed E-state index contributed by atoms with van der Waals surface area (Å²) in [5.41, 5.74) is -0.782. The van der Waals surface area contributed by atoms with Crippen LogP contribution in [0.25, 0.3) is 0 Å². The molecule has 2 nitrogen and oxygen atoms in total. The first-order chi connectivity index (χ1) is 6.65. The van der Waals surface area contributed by atoms with E-state index in [0.29, 0.717) is 5.56 Å². The number of aliphatic hydroxyl groups is 1. The normalized spacial score (nSPS) is 13.7. The van der Waals surface area contributed by atoms with Gasteiger partial charge in [-0.1, -0.05) is 49.6 Å². The Kier molecular flexibility index (Phi) is 2.85. The van der Waals surface area contributed by atoms with Crippen molar-refractivity contribution in [1.82, 2.24) is 0 Å². The molecule has 2 heteroatoms. The molecule has 0 radical (unpaired) electrons. The predicted octanol–water partition coefficient (Wildman–Crippen LogP) is 2.14. The summed E-state index contributed by atoms with van der Waals surface area (Å²) in [5.74, 6) is 0. The predicted molar refractivity (Wildman–Crippen MR) is 55.3 cm³/mol. The molecule has 1 aromatic carbocycles. The molecule has 1 unspecified atom stereocenters. The van der Waals surface area contributed by atoms with Crippen LogP contribution in [0.3, 0.4) is 0 Å². The highest BCUT2D eigenvalue weighted by Gasteiger charge is 2.28. The van der Waals surface area contributed by atoms with Crippen molar-refractivity contribution in [1.29, 1.82) is 5.26 Å². The van der Waals surface area contributed by atoms with Gasteiger partial charge in [-0.3, -0.25) is 0 Å². The Labute approximate surface area is 83.4 Å². The molecule has 1 aromatic rings. The van der Waals surface area contributed by atoms with E-state index in [1.807, 2.05) is 12.1 Å². The smallest absolute Gasteiger partial charge is 0.142 e. The Morgan fingerprint density at radius 3 is 2.43 bits per heavy atom. The molecule has 0 amide bonds. The van der Waals surface area contributed by atoms with Gasteiger partial charge >= 0.3 is 0 Å². The molecule has 0 bridgehead atoms. The topological polar surface area (TPSA) is 44.0 Å². The fraction of sp³-hybridized carbons (Fsp3) is 0.0833. The highest BCUT2D eigenvalue weighted by molar-refractivity contribution is 5.42. The van der Waals surface area contributed by atoms with Crippen molar-refractivity contribution in [3.8, 4) is 6.07 Å². The van der Waals surface area contributed by atoms with Crippen LogP contribution in [0.5, 0.6) is 0 Å². The summed E-state index contributed by atoms with van der Waals surface area (Å²) in [6.07, 6.45) is 1.31. The van der Waals surface area contributed by atoms with Crippen molar-refractivity contribution in [3.05, 3.63) is 60.7 Å². The molecule has 0 saturated heterocycles. The molecule has 14 heavy (non-hydrogen) atoms. The molecule has 0 aliphatic heterocycles. The van der Waals surface area contributed by atoms with Crippen LogP contribution >= 0.6 is 0 Å². The van der Waals surface area contributed by atoms with E-state index in [4.69, 9.17) is 5.26 Å². The minimum atomic E-state index is -1.45. The first kappa shape index (κ1) is 10.2. The van der Waals surface area contributed by atoms with E-state index in [0.717, 1.165) is 0 Å². The lowest BCUT2D eigenvalue weighted by Gasteiger charge is -2.23. The Balaban J connectivity index is 3.23. The van der Waals surface area contributed by atoms with Crippen molar-refractivity contribution < 1.29 is 5.11 Å². The zero-order valence-corrected chi connectivity index (χ0v) is 7.77. The van der Waals surface area contributed by atoms with Crippen LogP contribution in [0, 0.1) is 11.3 Å². The monoisotopic (exact) mass is 185 g/mol. The summed E-state index contributed by atoms with van der Waals surface area (Å²) < 4.78 is 0. The van der Waals surface area contributed by atoms with Gasteiger partial charge in [0.25, 0.3) is 0 Å². The zero-order valence-electron chi connectivity index (χ0n) is 7.77. The average molecular weight is 185 g/mol. The molecule has 0 saturated carbocycles. The highest BCUT2D eigenvalue weighted by Crippen LogP contribution is 2.28. The van der Waals surface area contributed by atoms with Gasteiger partial charge < -0.3 is 5.11 Å². The molecule has 0 heterocycles. The van der Waals surface area contributed by atoms with Crippen molar-refractivity contribution in [2.24, 2.45) is 0 Å². The summed E-state index contributed by atoms with van der Waals surface area (Å²) in [5, 5.41) is 18.8. The van der Waals surface area contributed by atoms with Crippen molar-refractivity contribution in [3.63, 3.8) is 0 Å². The maximum atomic E-state index is 10.1. The third-order valence-corrected chi connectivity index (χ3v) is 2.10. The third kappa shape index (κ3) is 1.59. The fourth-order valence-electron chi connectivity index (χ4n) is 1.19. The van der Waals surface area contributed by atoms with Crippen LogP contribution in [0.4, 0.5) is 0 Å². The van der Waals surface area contributed by atoms with E-state index in [2.05, 4.69) is 13.2 Å². The molecule has 1 N–H and O–H groups in total. The molecule has 0 aliphatic carbocycles. The lowest BCUT2D eigenvalue weighted by Crippen LogP contribution is -2.24. The second kappa shape index (κ2) is 3.91. The SMILES string of the molecule is C=CC(O)(C(=C)C#N)c1ccccc1. The van der Waals surface area contributed by atoms with E-state index in [1.165, 1.54) is 6.08 Å². The van der Waals surface area contributed by atoms with Gasteiger partial charge in [-0.05, 0) is 5.56 Å². The van der Waals surface area contributed by atoms with Crippen LogP contribution in [0.2, 0.25) is 0 Å². The maximum absolute atomic E-state index is 10.1. The number of hydrogen-bond donors (Lipinski definition) is 1.